The van der Waals surface area contributed by atoms with E-state index in [1.54, 1.807) is 24.9 Å². The number of amides is 1. The number of hydrogen-bond donors (Lipinski definition) is 1. The number of benzene rings is 2. The molecule has 2 aromatic carbocycles. The Kier molecular flexibility index (Phi) is 6.77. The zero-order valence-electron chi connectivity index (χ0n) is 14.9. The maximum atomic E-state index is 12.5. The number of hydrogen-bond acceptors (Lipinski definition) is 4. The fourth-order valence-corrected chi connectivity index (χ4v) is 2.53. The molecule has 0 spiro atoms. The number of anilines is 1. The number of nitrogens with one attached hydrogen (secondary N) is 1. The maximum absolute atomic E-state index is 12.5. The number of carbonyl (C=O) groups is 1. The Balaban J connectivity index is 2.03. The van der Waals surface area contributed by atoms with Crippen molar-refractivity contribution in [2.24, 2.45) is 0 Å². The van der Waals surface area contributed by atoms with Crippen LogP contribution in [0.1, 0.15) is 12.5 Å². The largest absolute Gasteiger partial charge is 0.493 e. The van der Waals surface area contributed by atoms with Gasteiger partial charge in [0, 0.05) is 25.3 Å². The van der Waals surface area contributed by atoms with Crippen molar-refractivity contribution in [1.82, 2.24) is 4.90 Å². The number of ether oxygens (including phenoxy) is 2. The first-order chi connectivity index (χ1) is 12.4. The summed E-state index contributed by atoms with van der Waals surface area (Å²) in [5.41, 5.74) is 1.50. The van der Waals surface area contributed by atoms with E-state index in [2.05, 4.69) is 10.1 Å². The van der Waals surface area contributed by atoms with Crippen LogP contribution in [0.5, 0.6) is 11.5 Å². The lowest BCUT2D eigenvalue weighted by atomic mass is 10.2. The van der Waals surface area contributed by atoms with Crippen LogP contribution in [-0.2, 0) is 11.3 Å². The maximum Gasteiger partial charge on any atom is 0.387 e. The molecule has 0 aliphatic carbocycles. The van der Waals surface area contributed by atoms with Gasteiger partial charge in [-0.15, -0.1) is 0 Å². The Morgan fingerprint density at radius 3 is 2.46 bits per heavy atom. The molecule has 0 heterocycles. The molecule has 0 saturated heterocycles. The van der Waals surface area contributed by atoms with E-state index in [0.29, 0.717) is 12.2 Å². The van der Waals surface area contributed by atoms with Gasteiger partial charge in [0.25, 0.3) is 0 Å². The summed E-state index contributed by atoms with van der Waals surface area (Å²) in [5, 5.41) is 3.00. The topological polar surface area (TPSA) is 50.8 Å². The van der Waals surface area contributed by atoms with Gasteiger partial charge < -0.3 is 19.7 Å². The van der Waals surface area contributed by atoms with Crippen LogP contribution in [0.3, 0.4) is 0 Å². The normalized spacial score (nSPS) is 11.8. The highest BCUT2D eigenvalue weighted by Gasteiger charge is 2.19. The van der Waals surface area contributed by atoms with Crippen molar-refractivity contribution in [2.45, 2.75) is 26.1 Å². The van der Waals surface area contributed by atoms with Crippen molar-refractivity contribution in [2.75, 3.05) is 19.5 Å². The fourth-order valence-electron chi connectivity index (χ4n) is 2.53. The Labute approximate surface area is 151 Å². The second-order valence-corrected chi connectivity index (χ2v) is 5.79. The summed E-state index contributed by atoms with van der Waals surface area (Å²) >= 11 is 0. The summed E-state index contributed by atoms with van der Waals surface area (Å²) in [6, 6.07) is 13.6. The monoisotopic (exact) mass is 364 g/mol. The third-order valence-electron chi connectivity index (χ3n) is 3.77. The lowest BCUT2D eigenvalue weighted by molar-refractivity contribution is -0.130. The molecule has 26 heavy (non-hydrogen) atoms. The molecule has 140 valence electrons. The molecule has 0 bridgehead atoms. The molecule has 2 aromatic rings. The first-order valence-corrected chi connectivity index (χ1v) is 8.09. The second-order valence-electron chi connectivity index (χ2n) is 5.79. The van der Waals surface area contributed by atoms with Gasteiger partial charge in [-0.05, 0) is 24.6 Å². The van der Waals surface area contributed by atoms with Crippen molar-refractivity contribution in [3.63, 3.8) is 0 Å². The molecule has 2 rings (SSSR count). The summed E-state index contributed by atoms with van der Waals surface area (Å²) in [7, 11) is 3.08. The van der Waals surface area contributed by atoms with Crippen molar-refractivity contribution >= 4 is 11.6 Å². The van der Waals surface area contributed by atoms with Crippen LogP contribution in [0.15, 0.2) is 48.5 Å². The molecule has 1 N–H and O–H groups in total. The van der Waals surface area contributed by atoms with E-state index in [0.717, 1.165) is 5.56 Å². The average Bonchev–Trinajstić information content (AvgIpc) is 2.61. The van der Waals surface area contributed by atoms with Gasteiger partial charge in [0.05, 0.1) is 7.11 Å². The number of nitrogens with zero attached hydrogens (tertiary/aromatic N) is 1. The van der Waals surface area contributed by atoms with Crippen LogP contribution in [0.2, 0.25) is 0 Å². The highest BCUT2D eigenvalue weighted by atomic mass is 19.3. The molecule has 1 atom stereocenters. The summed E-state index contributed by atoms with van der Waals surface area (Å²) < 4.78 is 34.5. The standard InChI is InChI=1S/C19H22F2N2O3/c1-13(18(24)23(2)12-14-7-5-4-6-8-14)22-15-9-10-16(25-3)17(11-15)26-19(20)21/h4-11,13,19,22H,12H2,1-3H3/t13-/m0/s1. The summed E-state index contributed by atoms with van der Waals surface area (Å²) in [6.07, 6.45) is 0. The lowest BCUT2D eigenvalue weighted by Crippen LogP contribution is -2.38. The number of alkyl halides is 2. The van der Waals surface area contributed by atoms with Gasteiger partial charge in [-0.1, -0.05) is 30.3 Å². The summed E-state index contributed by atoms with van der Waals surface area (Å²) in [6.45, 7) is -0.773. The molecule has 0 saturated carbocycles. The zero-order valence-corrected chi connectivity index (χ0v) is 14.9. The van der Waals surface area contributed by atoms with Crippen molar-refractivity contribution < 1.29 is 23.0 Å². The van der Waals surface area contributed by atoms with Crippen LogP contribution in [0.25, 0.3) is 0 Å². The van der Waals surface area contributed by atoms with Gasteiger partial charge in [0.15, 0.2) is 11.5 Å². The van der Waals surface area contributed by atoms with Gasteiger partial charge in [-0.3, -0.25) is 4.79 Å². The summed E-state index contributed by atoms with van der Waals surface area (Å²) in [5.74, 6) is -0.0261. The fraction of sp³-hybridized carbons (Fsp3) is 0.316. The predicted octanol–water partition coefficient (Wildman–Crippen LogP) is 3.76. The molecule has 0 fully saturated rings. The molecule has 0 aliphatic heterocycles. The van der Waals surface area contributed by atoms with Crippen molar-refractivity contribution in [3.05, 3.63) is 54.1 Å². The lowest BCUT2D eigenvalue weighted by Gasteiger charge is -2.23. The van der Waals surface area contributed by atoms with E-state index in [9.17, 15) is 13.6 Å². The van der Waals surface area contributed by atoms with Gasteiger partial charge in [-0.2, -0.15) is 8.78 Å². The highest BCUT2D eigenvalue weighted by Crippen LogP contribution is 2.31. The molecule has 0 aliphatic rings. The first kappa shape index (κ1) is 19.5. The number of methoxy groups -OCH3 is 1. The van der Waals surface area contributed by atoms with Crippen molar-refractivity contribution in [3.8, 4) is 11.5 Å². The molecule has 0 unspecified atom stereocenters. The zero-order chi connectivity index (χ0) is 19.1. The Hall–Kier alpha value is -2.83. The van der Waals surface area contributed by atoms with Gasteiger partial charge in [-0.25, -0.2) is 0 Å². The van der Waals surface area contributed by atoms with E-state index in [1.807, 2.05) is 30.3 Å². The van der Waals surface area contributed by atoms with Gasteiger partial charge in [0.2, 0.25) is 5.91 Å². The van der Waals surface area contributed by atoms with E-state index in [-0.39, 0.29) is 17.4 Å². The first-order valence-electron chi connectivity index (χ1n) is 8.09. The highest BCUT2D eigenvalue weighted by molar-refractivity contribution is 5.84. The minimum atomic E-state index is -2.96. The SMILES string of the molecule is COc1ccc(N[C@@H](C)C(=O)N(C)Cc2ccccc2)cc1OC(F)F. The van der Waals surface area contributed by atoms with E-state index in [1.165, 1.54) is 19.2 Å². The number of likely N-dealkylation sites (N-methyl/N-ethyl adjacent to an activating group) is 1. The summed E-state index contributed by atoms with van der Waals surface area (Å²) in [4.78, 5) is 14.1. The molecule has 0 radical (unpaired) electrons. The minimum Gasteiger partial charge on any atom is -0.493 e. The minimum absolute atomic E-state index is 0.0928. The number of rotatable bonds is 8. The van der Waals surface area contributed by atoms with Crippen LogP contribution >= 0.6 is 0 Å². The quantitative estimate of drug-likeness (QED) is 0.775. The van der Waals surface area contributed by atoms with Crippen molar-refractivity contribution in [1.29, 1.82) is 0 Å². The van der Waals surface area contributed by atoms with Crippen LogP contribution < -0.4 is 14.8 Å². The number of halogens is 2. The second kappa shape index (κ2) is 9.03. The molecular formula is C19H22F2N2O3. The average molecular weight is 364 g/mol. The predicted molar refractivity (Wildman–Crippen MR) is 95.6 cm³/mol. The van der Waals surface area contributed by atoms with Gasteiger partial charge in [0.1, 0.15) is 6.04 Å². The molecule has 1 amide bonds. The third kappa shape index (κ3) is 5.34. The third-order valence-corrected chi connectivity index (χ3v) is 3.77. The Bertz CT molecular complexity index is 726. The molecular weight excluding hydrogens is 342 g/mol. The number of carbonyl (C=O) groups excluding carboxylic acids is 1. The van der Waals surface area contributed by atoms with Crippen LogP contribution in [0, 0.1) is 0 Å². The van der Waals surface area contributed by atoms with Gasteiger partial charge >= 0.3 is 6.61 Å². The molecule has 0 aromatic heterocycles. The Morgan fingerprint density at radius 2 is 1.85 bits per heavy atom. The van der Waals surface area contributed by atoms with Crippen LogP contribution in [0.4, 0.5) is 14.5 Å². The smallest absolute Gasteiger partial charge is 0.387 e. The Morgan fingerprint density at radius 1 is 1.15 bits per heavy atom. The van der Waals surface area contributed by atoms with E-state index in [4.69, 9.17) is 4.74 Å². The van der Waals surface area contributed by atoms with E-state index >= 15 is 0 Å². The van der Waals surface area contributed by atoms with Crippen LogP contribution in [-0.4, -0.2) is 37.6 Å². The molecule has 7 heteroatoms. The molecule has 5 nitrogen and oxygen atoms in total. The van der Waals surface area contributed by atoms with E-state index < -0.39 is 12.7 Å².